The molecule has 6 atom stereocenters. The second-order valence-electron chi connectivity index (χ2n) is 9.42. The maximum atomic E-state index is 13.0. The molecule has 3 heterocycles. The fraction of sp³-hybridized carbons (Fsp3) is 0.727. The molecule has 0 spiro atoms. The zero-order valence-corrected chi connectivity index (χ0v) is 20.3. The van der Waals surface area contributed by atoms with Crippen LogP contribution in [0.3, 0.4) is 0 Å². The highest BCUT2D eigenvalue weighted by atomic mass is 32.2. The molecule has 10 heteroatoms. The second-order valence-corrected chi connectivity index (χ2v) is 10.8. The van der Waals surface area contributed by atoms with Crippen LogP contribution < -0.4 is 5.32 Å². The molecular formula is C22H33N3O6S. The number of thioether (sulfide) groups is 1. The summed E-state index contributed by atoms with van der Waals surface area (Å²) < 4.78 is 5.22. The van der Waals surface area contributed by atoms with E-state index < -0.39 is 11.9 Å². The maximum absolute atomic E-state index is 13.0. The third kappa shape index (κ3) is 4.52. The Morgan fingerprint density at radius 3 is 2.50 bits per heavy atom. The first-order valence-corrected chi connectivity index (χ1v) is 11.9. The van der Waals surface area contributed by atoms with Crippen molar-refractivity contribution in [2.24, 2.45) is 17.8 Å². The van der Waals surface area contributed by atoms with E-state index in [1.807, 2.05) is 13.8 Å². The van der Waals surface area contributed by atoms with Gasteiger partial charge >= 0.3 is 11.9 Å². The van der Waals surface area contributed by atoms with Gasteiger partial charge in [0.15, 0.2) is 0 Å². The van der Waals surface area contributed by atoms with E-state index in [2.05, 4.69) is 5.32 Å². The number of nitrogens with zero attached hydrogens (tertiary/aromatic N) is 2. The van der Waals surface area contributed by atoms with Gasteiger partial charge in [-0.2, -0.15) is 0 Å². The van der Waals surface area contributed by atoms with Crippen molar-refractivity contribution in [3.63, 3.8) is 0 Å². The highest BCUT2D eigenvalue weighted by Gasteiger charge is 2.60. The fourth-order valence-electron chi connectivity index (χ4n) is 4.94. The largest absolute Gasteiger partial charge is 0.477 e. The molecule has 0 unspecified atom stereocenters. The molecule has 0 aromatic heterocycles. The molecule has 178 valence electrons. The van der Waals surface area contributed by atoms with Gasteiger partial charge < -0.3 is 25.0 Å². The molecule has 3 aliphatic rings. The molecule has 32 heavy (non-hydrogen) atoms. The number of hydrogen-bond donors (Lipinski definition) is 2. The SMILES string of the molecule is CC(C)OC(=O)C[C@H](C)[C@H]1C(=O)N2C(C(=O)O)=C(S[C@@H]3CN[C@H](C(=O)N(C)C)C3)[C@H](C)[C@H]12. The van der Waals surface area contributed by atoms with Crippen LogP contribution in [0.4, 0.5) is 0 Å². The number of likely N-dealkylation sites (N-methyl/N-ethyl adjacent to an activating group) is 1. The van der Waals surface area contributed by atoms with E-state index in [-0.39, 0.29) is 65.2 Å². The summed E-state index contributed by atoms with van der Waals surface area (Å²) in [6.07, 6.45) is 0.502. The van der Waals surface area contributed by atoms with Gasteiger partial charge in [-0.25, -0.2) is 4.79 Å². The molecule has 2 fully saturated rings. The number of carboxylic acids is 1. The average molecular weight is 468 g/mol. The van der Waals surface area contributed by atoms with E-state index in [0.29, 0.717) is 17.9 Å². The van der Waals surface area contributed by atoms with Gasteiger partial charge in [0.05, 0.1) is 24.1 Å². The molecule has 3 rings (SSSR count). The smallest absolute Gasteiger partial charge is 0.353 e. The van der Waals surface area contributed by atoms with Crippen LogP contribution >= 0.6 is 11.8 Å². The van der Waals surface area contributed by atoms with Gasteiger partial charge in [0.25, 0.3) is 0 Å². The molecular weight excluding hydrogens is 434 g/mol. The minimum Gasteiger partial charge on any atom is -0.477 e. The Morgan fingerprint density at radius 2 is 1.94 bits per heavy atom. The first-order valence-electron chi connectivity index (χ1n) is 11.0. The first kappa shape index (κ1) is 24.6. The molecule has 2 amide bonds. The number of rotatable bonds is 8. The van der Waals surface area contributed by atoms with Crippen molar-refractivity contribution in [2.45, 2.75) is 64.0 Å². The van der Waals surface area contributed by atoms with E-state index in [1.165, 1.54) is 16.7 Å². The summed E-state index contributed by atoms with van der Waals surface area (Å²) in [4.78, 5) is 53.0. The number of carbonyl (C=O) groups excluding carboxylic acids is 3. The van der Waals surface area contributed by atoms with E-state index in [0.717, 1.165) is 0 Å². The van der Waals surface area contributed by atoms with Crippen LogP contribution in [0.1, 0.15) is 40.5 Å². The number of ether oxygens (including phenoxy) is 1. The summed E-state index contributed by atoms with van der Waals surface area (Å²) in [6.45, 7) is 7.94. The van der Waals surface area contributed by atoms with Crippen molar-refractivity contribution in [1.29, 1.82) is 0 Å². The number of β-lactam (4-membered cyclic amide) rings is 1. The Balaban J connectivity index is 1.73. The zero-order valence-electron chi connectivity index (χ0n) is 19.5. The van der Waals surface area contributed by atoms with Crippen molar-refractivity contribution in [2.75, 3.05) is 20.6 Å². The Bertz CT molecular complexity index is 842. The average Bonchev–Trinajstić information content (AvgIpc) is 3.22. The second kappa shape index (κ2) is 9.43. The van der Waals surface area contributed by atoms with Gasteiger partial charge in [0.1, 0.15) is 5.70 Å². The van der Waals surface area contributed by atoms with Crippen LogP contribution in [-0.4, -0.2) is 82.7 Å². The lowest BCUT2D eigenvalue weighted by Gasteiger charge is -2.47. The Labute approximate surface area is 192 Å². The van der Waals surface area contributed by atoms with E-state index in [9.17, 15) is 24.3 Å². The third-order valence-electron chi connectivity index (χ3n) is 6.38. The molecule has 2 N–H and O–H groups in total. The third-order valence-corrected chi connectivity index (χ3v) is 7.89. The summed E-state index contributed by atoms with van der Waals surface area (Å²) in [5.41, 5.74) is 0.0492. The molecule has 0 aromatic rings. The minimum atomic E-state index is -1.12. The van der Waals surface area contributed by atoms with Gasteiger partial charge in [-0.15, -0.1) is 11.8 Å². The predicted molar refractivity (Wildman–Crippen MR) is 119 cm³/mol. The summed E-state index contributed by atoms with van der Waals surface area (Å²) in [7, 11) is 3.42. The van der Waals surface area contributed by atoms with Crippen LogP contribution in [0.2, 0.25) is 0 Å². The van der Waals surface area contributed by atoms with Crippen LogP contribution in [0.15, 0.2) is 10.6 Å². The number of nitrogens with one attached hydrogen (secondary N) is 1. The van der Waals surface area contributed by atoms with Gasteiger partial charge in [-0.05, 0) is 26.2 Å². The summed E-state index contributed by atoms with van der Waals surface area (Å²) in [6, 6.07) is -0.557. The van der Waals surface area contributed by atoms with Crippen LogP contribution in [-0.2, 0) is 23.9 Å². The van der Waals surface area contributed by atoms with E-state index in [1.54, 1.807) is 32.8 Å². The van der Waals surface area contributed by atoms with Crippen molar-refractivity contribution in [3.8, 4) is 0 Å². The lowest BCUT2D eigenvalue weighted by molar-refractivity contribution is -0.162. The number of hydrogen-bond acceptors (Lipinski definition) is 7. The normalized spacial score (nSPS) is 30.3. The lowest BCUT2D eigenvalue weighted by Crippen LogP contribution is -2.62. The topological polar surface area (TPSA) is 116 Å². The molecule has 2 saturated heterocycles. The van der Waals surface area contributed by atoms with Gasteiger partial charge in [0, 0.05) is 43.1 Å². The number of amides is 2. The monoisotopic (exact) mass is 467 g/mol. The van der Waals surface area contributed by atoms with Crippen molar-refractivity contribution in [3.05, 3.63) is 10.6 Å². The Hall–Kier alpha value is -2.07. The highest BCUT2D eigenvalue weighted by Crippen LogP contribution is 2.53. The van der Waals surface area contributed by atoms with Gasteiger partial charge in [-0.1, -0.05) is 13.8 Å². The predicted octanol–water partition coefficient (Wildman–Crippen LogP) is 1.29. The highest BCUT2D eigenvalue weighted by molar-refractivity contribution is 8.03. The van der Waals surface area contributed by atoms with Crippen molar-refractivity contribution < 1.29 is 29.0 Å². The van der Waals surface area contributed by atoms with E-state index in [4.69, 9.17) is 4.74 Å². The summed E-state index contributed by atoms with van der Waals surface area (Å²) >= 11 is 1.46. The quantitative estimate of drug-likeness (QED) is 0.405. The number of esters is 1. The van der Waals surface area contributed by atoms with Crippen molar-refractivity contribution in [1.82, 2.24) is 15.1 Å². The number of fused-ring (bicyclic) bond motifs is 1. The lowest BCUT2D eigenvalue weighted by atomic mass is 9.74. The van der Waals surface area contributed by atoms with E-state index >= 15 is 0 Å². The molecule has 0 aliphatic carbocycles. The van der Waals surface area contributed by atoms with Crippen LogP contribution in [0.25, 0.3) is 0 Å². The first-order chi connectivity index (χ1) is 14.9. The molecule has 0 saturated carbocycles. The number of aliphatic carboxylic acids is 1. The van der Waals surface area contributed by atoms with Crippen molar-refractivity contribution >= 4 is 35.5 Å². The van der Waals surface area contributed by atoms with Gasteiger partial charge in [-0.3, -0.25) is 14.4 Å². The minimum absolute atomic E-state index is 0.00109. The number of carbonyl (C=O) groups is 4. The molecule has 0 radical (unpaired) electrons. The van der Waals surface area contributed by atoms with Gasteiger partial charge in [0.2, 0.25) is 11.8 Å². The standard InChI is InChI=1S/C22H33N3O6S/c1-10(2)31-15(26)7-11(3)16-17-12(4)19(18(22(29)30)25(17)21(16)28)32-13-8-14(23-9-13)20(27)24(5)6/h10-14,16-17,23H,7-9H2,1-6H3,(H,29,30)/t11-,12+,13-,14-,16+,17+/m0/s1. The summed E-state index contributed by atoms with van der Waals surface area (Å²) in [5, 5.41) is 13.1. The zero-order chi connectivity index (χ0) is 23.9. The molecule has 9 nitrogen and oxygen atoms in total. The maximum Gasteiger partial charge on any atom is 0.353 e. The molecule has 0 aromatic carbocycles. The summed E-state index contributed by atoms with van der Waals surface area (Å²) in [5.74, 6) is -2.52. The molecule has 3 aliphatic heterocycles. The fourth-order valence-corrected chi connectivity index (χ4v) is 6.42. The van der Waals surface area contributed by atoms with Crippen LogP contribution in [0, 0.1) is 17.8 Å². The Morgan fingerprint density at radius 1 is 1.28 bits per heavy atom. The molecule has 0 bridgehead atoms. The Kier molecular flexibility index (Phi) is 7.24. The van der Waals surface area contributed by atoms with Crippen LogP contribution in [0.5, 0.6) is 0 Å². The number of carboxylic acid groups (broad SMARTS) is 1.